The summed E-state index contributed by atoms with van der Waals surface area (Å²) in [7, 11) is -3.97. The number of amides is 1. The fraction of sp³-hybridized carbons (Fsp3) is 0.409. The van der Waals surface area contributed by atoms with Crippen LogP contribution in [0.1, 0.15) is 28.7 Å². The Bertz CT molecular complexity index is 1050. The van der Waals surface area contributed by atoms with Crippen molar-refractivity contribution in [2.75, 3.05) is 13.1 Å². The Labute approximate surface area is 171 Å². The van der Waals surface area contributed by atoms with Crippen LogP contribution in [0.5, 0.6) is 0 Å². The zero-order valence-electron chi connectivity index (χ0n) is 16.6. The highest BCUT2D eigenvalue weighted by Gasteiger charge is 2.46. The number of aryl methyl sites for hydroxylation is 2. The van der Waals surface area contributed by atoms with Gasteiger partial charge >= 0.3 is 0 Å². The van der Waals surface area contributed by atoms with Crippen molar-refractivity contribution in [1.29, 1.82) is 0 Å². The number of nitrogens with zero attached hydrogens (tertiary/aromatic N) is 2. The van der Waals surface area contributed by atoms with Crippen molar-refractivity contribution >= 4 is 15.9 Å². The lowest BCUT2D eigenvalue weighted by Gasteiger charge is -2.33. The fourth-order valence-corrected chi connectivity index (χ4v) is 6.18. The summed E-state index contributed by atoms with van der Waals surface area (Å²) in [6.07, 6.45) is -0.722. The number of sulfonamides is 1. The normalized spacial score (nSPS) is 22.5. The molecule has 0 N–H and O–H groups in total. The highest BCUT2D eigenvalue weighted by molar-refractivity contribution is 7.89. The predicted octanol–water partition coefficient (Wildman–Crippen LogP) is 2.99. The van der Waals surface area contributed by atoms with Crippen LogP contribution in [0.25, 0.3) is 0 Å². The molecule has 4 rings (SSSR count). The lowest BCUT2D eigenvalue weighted by Crippen LogP contribution is -2.49. The lowest BCUT2D eigenvalue weighted by atomic mass is 9.99. The second-order valence-electron chi connectivity index (χ2n) is 7.97. The first-order chi connectivity index (χ1) is 13.8. The van der Waals surface area contributed by atoms with Gasteiger partial charge in [-0.05, 0) is 43.0 Å². The monoisotopic (exact) mass is 416 g/mol. The molecule has 2 aromatic rings. The van der Waals surface area contributed by atoms with Gasteiger partial charge in [0.05, 0.1) is 4.90 Å². The quantitative estimate of drug-likeness (QED) is 0.773. The Balaban J connectivity index is 1.62. The Morgan fingerprint density at radius 2 is 1.83 bits per heavy atom. The maximum absolute atomic E-state index is 14.3. The van der Waals surface area contributed by atoms with Crippen molar-refractivity contribution in [3.8, 4) is 0 Å². The minimum atomic E-state index is -3.97. The van der Waals surface area contributed by atoms with Crippen molar-refractivity contribution < 1.29 is 17.6 Å². The maximum Gasteiger partial charge on any atom is 0.244 e. The van der Waals surface area contributed by atoms with Crippen molar-refractivity contribution in [2.45, 2.75) is 50.3 Å². The van der Waals surface area contributed by atoms with Crippen LogP contribution in [0.4, 0.5) is 4.39 Å². The minimum absolute atomic E-state index is 0.0961. The van der Waals surface area contributed by atoms with Gasteiger partial charge in [-0.15, -0.1) is 0 Å². The van der Waals surface area contributed by atoms with Crippen LogP contribution in [0.15, 0.2) is 47.4 Å². The zero-order valence-corrected chi connectivity index (χ0v) is 17.5. The third-order valence-electron chi connectivity index (χ3n) is 5.85. The molecule has 2 aromatic carbocycles. The first-order valence-corrected chi connectivity index (χ1v) is 11.3. The standard InChI is InChI=1S/C22H25FN2O3S/c1-15-7-8-21(16(2)11-15)29(27,28)25-14-19(23)12-20(25)22(26)24-10-9-17-5-3-4-6-18(17)13-24/h3-8,11,19-20H,9-10,12-14H2,1-2H3. The highest BCUT2D eigenvalue weighted by Crippen LogP contribution is 2.31. The van der Waals surface area contributed by atoms with E-state index in [9.17, 15) is 17.6 Å². The molecule has 0 saturated carbocycles. The van der Waals surface area contributed by atoms with Gasteiger partial charge in [0, 0.05) is 26.1 Å². The van der Waals surface area contributed by atoms with Crippen LogP contribution in [0.2, 0.25) is 0 Å². The summed E-state index contributed by atoms with van der Waals surface area (Å²) in [5.74, 6) is -0.312. The molecule has 1 amide bonds. The number of benzene rings is 2. The van der Waals surface area contributed by atoms with Crippen molar-refractivity contribution in [1.82, 2.24) is 9.21 Å². The summed E-state index contributed by atoms with van der Waals surface area (Å²) in [5.41, 5.74) is 3.81. The number of halogens is 1. The topological polar surface area (TPSA) is 57.7 Å². The van der Waals surface area contributed by atoms with E-state index in [0.717, 1.165) is 21.9 Å². The van der Waals surface area contributed by atoms with E-state index in [1.807, 2.05) is 31.2 Å². The number of hydrogen-bond acceptors (Lipinski definition) is 3. The number of alkyl halides is 1. The number of carbonyl (C=O) groups is 1. The van der Waals surface area contributed by atoms with E-state index in [1.165, 1.54) is 5.56 Å². The summed E-state index contributed by atoms with van der Waals surface area (Å²) in [4.78, 5) is 15.0. The van der Waals surface area contributed by atoms with E-state index in [-0.39, 0.29) is 23.8 Å². The molecular formula is C22H25FN2O3S. The molecular weight excluding hydrogens is 391 g/mol. The van der Waals surface area contributed by atoms with Crippen LogP contribution in [-0.2, 0) is 27.8 Å². The average molecular weight is 417 g/mol. The van der Waals surface area contributed by atoms with E-state index in [0.29, 0.717) is 18.7 Å². The van der Waals surface area contributed by atoms with E-state index >= 15 is 0 Å². The molecule has 0 radical (unpaired) electrons. The SMILES string of the molecule is Cc1ccc(S(=O)(=O)N2CC(F)CC2C(=O)N2CCc3ccccc3C2)c(C)c1. The molecule has 0 aliphatic carbocycles. The average Bonchev–Trinajstić information content (AvgIpc) is 3.09. The van der Waals surface area contributed by atoms with E-state index in [2.05, 4.69) is 0 Å². The Hall–Kier alpha value is -2.25. The van der Waals surface area contributed by atoms with Gasteiger partial charge in [-0.25, -0.2) is 12.8 Å². The maximum atomic E-state index is 14.3. The van der Waals surface area contributed by atoms with Gasteiger partial charge in [0.2, 0.25) is 15.9 Å². The number of carbonyl (C=O) groups excluding carboxylic acids is 1. The first-order valence-electron chi connectivity index (χ1n) is 9.86. The predicted molar refractivity (Wildman–Crippen MR) is 109 cm³/mol. The smallest absolute Gasteiger partial charge is 0.244 e. The minimum Gasteiger partial charge on any atom is -0.337 e. The van der Waals surface area contributed by atoms with Crippen LogP contribution in [-0.4, -0.2) is 48.8 Å². The van der Waals surface area contributed by atoms with Crippen LogP contribution in [0.3, 0.4) is 0 Å². The molecule has 1 fully saturated rings. The van der Waals surface area contributed by atoms with Crippen molar-refractivity contribution in [2.24, 2.45) is 0 Å². The largest absolute Gasteiger partial charge is 0.337 e. The number of hydrogen-bond donors (Lipinski definition) is 0. The summed E-state index contributed by atoms with van der Waals surface area (Å²) in [5, 5.41) is 0. The molecule has 1 saturated heterocycles. The molecule has 7 heteroatoms. The molecule has 2 atom stereocenters. The van der Waals surface area contributed by atoms with Crippen LogP contribution in [0, 0.1) is 13.8 Å². The summed E-state index contributed by atoms with van der Waals surface area (Å²) < 4.78 is 42.0. The molecule has 2 heterocycles. The number of fused-ring (bicyclic) bond motifs is 1. The number of rotatable bonds is 3. The molecule has 0 bridgehead atoms. The van der Waals surface area contributed by atoms with Crippen LogP contribution >= 0.6 is 0 Å². The Kier molecular flexibility index (Phi) is 5.21. The van der Waals surface area contributed by atoms with Gasteiger partial charge in [-0.2, -0.15) is 4.31 Å². The second-order valence-corrected chi connectivity index (χ2v) is 9.83. The molecule has 2 unspecified atom stereocenters. The summed E-state index contributed by atoms with van der Waals surface area (Å²) >= 11 is 0. The fourth-order valence-electron chi connectivity index (χ4n) is 4.36. The molecule has 0 spiro atoms. The lowest BCUT2D eigenvalue weighted by molar-refractivity contribution is -0.135. The van der Waals surface area contributed by atoms with Gasteiger partial charge in [-0.3, -0.25) is 4.79 Å². The summed E-state index contributed by atoms with van der Waals surface area (Å²) in [6.45, 7) is 4.27. The van der Waals surface area contributed by atoms with Gasteiger partial charge in [0.15, 0.2) is 0 Å². The Morgan fingerprint density at radius 3 is 2.55 bits per heavy atom. The third kappa shape index (κ3) is 3.69. The van der Waals surface area contributed by atoms with Crippen molar-refractivity contribution in [3.63, 3.8) is 0 Å². The molecule has 154 valence electrons. The van der Waals surface area contributed by atoms with E-state index in [4.69, 9.17) is 0 Å². The molecule has 5 nitrogen and oxygen atoms in total. The van der Waals surface area contributed by atoms with Gasteiger partial charge in [0.25, 0.3) is 0 Å². The Morgan fingerprint density at radius 1 is 1.10 bits per heavy atom. The first kappa shape index (κ1) is 20.0. The van der Waals surface area contributed by atoms with Gasteiger partial charge in [-0.1, -0.05) is 42.0 Å². The molecule has 29 heavy (non-hydrogen) atoms. The highest BCUT2D eigenvalue weighted by atomic mass is 32.2. The molecule has 0 aromatic heterocycles. The molecule has 2 aliphatic rings. The van der Waals surface area contributed by atoms with Gasteiger partial charge in [0.1, 0.15) is 12.2 Å². The zero-order chi connectivity index (χ0) is 20.8. The van der Waals surface area contributed by atoms with Gasteiger partial charge < -0.3 is 4.90 Å². The second kappa shape index (κ2) is 7.54. The van der Waals surface area contributed by atoms with E-state index < -0.39 is 22.2 Å². The summed E-state index contributed by atoms with van der Waals surface area (Å²) in [6, 6.07) is 12.0. The van der Waals surface area contributed by atoms with Crippen molar-refractivity contribution in [3.05, 3.63) is 64.7 Å². The van der Waals surface area contributed by atoms with E-state index in [1.54, 1.807) is 30.0 Å². The molecule has 2 aliphatic heterocycles. The third-order valence-corrected chi connectivity index (χ3v) is 7.88. The van der Waals surface area contributed by atoms with Crippen LogP contribution < -0.4 is 0 Å².